The first-order valence-corrected chi connectivity index (χ1v) is 10.6. The number of hydrogen-bond donors (Lipinski definition) is 1. The van der Waals surface area contributed by atoms with Gasteiger partial charge in [0.25, 0.3) is 0 Å². The van der Waals surface area contributed by atoms with Crippen molar-refractivity contribution in [2.45, 2.75) is 19.0 Å². The summed E-state index contributed by atoms with van der Waals surface area (Å²) in [6.45, 7) is 0.414. The second-order valence-corrected chi connectivity index (χ2v) is 8.30. The van der Waals surface area contributed by atoms with Crippen molar-refractivity contribution in [1.82, 2.24) is 9.62 Å². The van der Waals surface area contributed by atoms with Gasteiger partial charge < -0.3 is 14.4 Å². The predicted octanol–water partition coefficient (Wildman–Crippen LogP) is 2.34. The minimum atomic E-state index is -3.49. The van der Waals surface area contributed by atoms with Crippen LogP contribution in [0, 0.1) is 0 Å². The van der Waals surface area contributed by atoms with Gasteiger partial charge in [-0.2, -0.15) is 0 Å². The van der Waals surface area contributed by atoms with Gasteiger partial charge in [0, 0.05) is 20.0 Å². The lowest BCUT2D eigenvalue weighted by Gasteiger charge is -2.22. The van der Waals surface area contributed by atoms with Gasteiger partial charge >= 0.3 is 0 Å². The lowest BCUT2D eigenvalue weighted by Crippen LogP contribution is -2.34. The molecule has 0 aliphatic heterocycles. The van der Waals surface area contributed by atoms with Crippen molar-refractivity contribution >= 4 is 15.9 Å². The van der Waals surface area contributed by atoms with E-state index in [-0.39, 0.29) is 12.3 Å². The Hall–Kier alpha value is -2.58. The molecule has 2 aromatic rings. The van der Waals surface area contributed by atoms with E-state index in [1.807, 2.05) is 24.3 Å². The molecule has 28 heavy (non-hydrogen) atoms. The smallest absolute Gasteiger partial charge is 0.224 e. The molecule has 2 aromatic carbocycles. The number of nitrogens with zero attached hydrogens (tertiary/aromatic N) is 1. The van der Waals surface area contributed by atoms with Crippen molar-refractivity contribution in [2.24, 2.45) is 0 Å². The molecule has 1 N–H and O–H groups in total. The summed E-state index contributed by atoms with van der Waals surface area (Å²) in [5.74, 6) is 1.23. The molecule has 7 nitrogen and oxygen atoms in total. The lowest BCUT2D eigenvalue weighted by molar-refractivity contribution is -0.130. The van der Waals surface area contributed by atoms with Crippen molar-refractivity contribution in [3.63, 3.8) is 0 Å². The normalized spacial score (nSPS) is 12.3. The first-order chi connectivity index (χ1) is 13.2. The molecule has 1 atom stereocenters. The maximum atomic E-state index is 12.7. The first-order valence-electron chi connectivity index (χ1n) is 8.70. The largest absolute Gasteiger partial charge is 0.497 e. The van der Waals surface area contributed by atoms with Crippen LogP contribution in [-0.4, -0.2) is 46.7 Å². The number of sulfonamides is 1. The molecular weight excluding hydrogens is 380 g/mol. The Morgan fingerprint density at radius 3 is 1.96 bits per heavy atom. The Bertz CT molecular complexity index is 880. The average Bonchev–Trinajstić information content (AvgIpc) is 2.67. The fraction of sp³-hybridized carbons (Fsp3) is 0.350. The van der Waals surface area contributed by atoms with Crippen LogP contribution in [0.4, 0.5) is 0 Å². The monoisotopic (exact) mass is 406 g/mol. The van der Waals surface area contributed by atoms with Crippen LogP contribution in [-0.2, 0) is 21.4 Å². The predicted molar refractivity (Wildman–Crippen MR) is 108 cm³/mol. The summed E-state index contributed by atoms with van der Waals surface area (Å²) in [5, 5.41) is 0. The van der Waals surface area contributed by atoms with Gasteiger partial charge in [-0.25, -0.2) is 13.1 Å². The molecule has 0 spiro atoms. The lowest BCUT2D eigenvalue weighted by atomic mass is 10.0. The maximum Gasteiger partial charge on any atom is 0.224 e. The SMILES string of the molecule is COc1ccc(CN(C)C(=O)CC(NS(C)(=O)=O)c2ccc(OC)cc2)cc1. The Labute approximate surface area is 166 Å². The fourth-order valence-electron chi connectivity index (χ4n) is 2.75. The number of methoxy groups -OCH3 is 2. The number of benzene rings is 2. The zero-order chi connectivity index (χ0) is 20.7. The standard InChI is InChI=1S/C20H26N2O5S/c1-22(14-15-5-9-17(26-2)10-6-15)20(23)13-19(21-28(4,24)25)16-7-11-18(27-3)12-8-16/h5-12,19,21H,13-14H2,1-4H3. The van der Waals surface area contributed by atoms with Gasteiger partial charge in [0.15, 0.2) is 0 Å². The highest BCUT2D eigenvalue weighted by Crippen LogP contribution is 2.22. The summed E-state index contributed by atoms with van der Waals surface area (Å²) in [6, 6.07) is 13.7. The molecule has 1 unspecified atom stereocenters. The summed E-state index contributed by atoms with van der Waals surface area (Å²) in [6.07, 6.45) is 1.08. The minimum Gasteiger partial charge on any atom is -0.497 e. The molecule has 8 heteroatoms. The second kappa shape index (κ2) is 9.57. The molecule has 0 radical (unpaired) electrons. The van der Waals surface area contributed by atoms with Gasteiger partial charge in [-0.15, -0.1) is 0 Å². The zero-order valence-corrected chi connectivity index (χ0v) is 17.3. The molecule has 2 rings (SSSR count). The van der Waals surface area contributed by atoms with Gasteiger partial charge in [0.1, 0.15) is 11.5 Å². The Morgan fingerprint density at radius 2 is 1.50 bits per heavy atom. The number of ether oxygens (including phenoxy) is 2. The number of rotatable bonds is 9. The molecule has 0 heterocycles. The minimum absolute atomic E-state index is 0.00601. The van der Waals surface area contributed by atoms with Gasteiger partial charge in [-0.05, 0) is 35.4 Å². The molecule has 0 bridgehead atoms. The molecular formula is C20H26N2O5S. The molecule has 0 fully saturated rings. The third kappa shape index (κ3) is 6.54. The van der Waals surface area contributed by atoms with Crippen molar-refractivity contribution in [3.8, 4) is 11.5 Å². The highest BCUT2D eigenvalue weighted by atomic mass is 32.2. The number of carbonyl (C=O) groups is 1. The summed E-state index contributed by atoms with van der Waals surface area (Å²) >= 11 is 0. The summed E-state index contributed by atoms with van der Waals surface area (Å²) in [5.41, 5.74) is 1.64. The van der Waals surface area contributed by atoms with Gasteiger partial charge in [0.2, 0.25) is 15.9 Å². The quantitative estimate of drug-likeness (QED) is 0.691. The molecule has 0 aliphatic carbocycles. The average molecular weight is 407 g/mol. The van der Waals surface area contributed by atoms with Crippen LogP contribution in [0.25, 0.3) is 0 Å². The van der Waals surface area contributed by atoms with Crippen molar-refractivity contribution < 1.29 is 22.7 Å². The maximum absolute atomic E-state index is 12.7. The first kappa shape index (κ1) is 21.7. The van der Waals surface area contributed by atoms with Crippen molar-refractivity contribution in [2.75, 3.05) is 27.5 Å². The van der Waals surface area contributed by atoms with Crippen LogP contribution < -0.4 is 14.2 Å². The Balaban J connectivity index is 2.11. The Morgan fingerprint density at radius 1 is 1.00 bits per heavy atom. The van der Waals surface area contributed by atoms with E-state index in [4.69, 9.17) is 9.47 Å². The molecule has 0 aliphatic rings. The Kier molecular flexibility index (Phi) is 7.42. The van der Waals surface area contributed by atoms with Crippen LogP contribution in [0.2, 0.25) is 0 Å². The number of carbonyl (C=O) groups excluding carboxylic acids is 1. The van der Waals surface area contributed by atoms with Crippen LogP contribution in [0.5, 0.6) is 11.5 Å². The topological polar surface area (TPSA) is 84.9 Å². The summed E-state index contributed by atoms with van der Waals surface area (Å²) in [4.78, 5) is 14.3. The number of hydrogen-bond acceptors (Lipinski definition) is 5. The van der Waals surface area contributed by atoms with Gasteiger partial charge in [0.05, 0.1) is 26.5 Å². The number of amides is 1. The summed E-state index contributed by atoms with van der Waals surface area (Å²) in [7, 11) is 1.35. The zero-order valence-electron chi connectivity index (χ0n) is 16.5. The highest BCUT2D eigenvalue weighted by Gasteiger charge is 2.22. The van der Waals surface area contributed by atoms with E-state index in [2.05, 4.69) is 4.72 Å². The van der Waals surface area contributed by atoms with Crippen LogP contribution in [0.3, 0.4) is 0 Å². The van der Waals surface area contributed by atoms with E-state index < -0.39 is 16.1 Å². The third-order valence-electron chi connectivity index (χ3n) is 4.26. The molecule has 1 amide bonds. The van der Waals surface area contributed by atoms with E-state index in [1.165, 1.54) is 0 Å². The summed E-state index contributed by atoms with van der Waals surface area (Å²) < 4.78 is 36.3. The molecule has 0 aromatic heterocycles. The van der Waals surface area contributed by atoms with Gasteiger partial charge in [-0.1, -0.05) is 24.3 Å². The van der Waals surface area contributed by atoms with E-state index in [1.54, 1.807) is 50.4 Å². The van der Waals surface area contributed by atoms with E-state index in [9.17, 15) is 13.2 Å². The highest BCUT2D eigenvalue weighted by molar-refractivity contribution is 7.88. The van der Waals surface area contributed by atoms with Crippen LogP contribution in [0.1, 0.15) is 23.6 Å². The third-order valence-corrected chi connectivity index (χ3v) is 4.97. The van der Waals surface area contributed by atoms with E-state index in [0.29, 0.717) is 17.9 Å². The van der Waals surface area contributed by atoms with Crippen molar-refractivity contribution in [3.05, 3.63) is 59.7 Å². The number of nitrogens with one attached hydrogen (secondary N) is 1. The van der Waals surface area contributed by atoms with Gasteiger partial charge in [-0.3, -0.25) is 4.79 Å². The molecule has 0 saturated heterocycles. The fourth-order valence-corrected chi connectivity index (χ4v) is 3.48. The van der Waals surface area contributed by atoms with Crippen LogP contribution >= 0.6 is 0 Å². The van der Waals surface area contributed by atoms with E-state index in [0.717, 1.165) is 17.6 Å². The van der Waals surface area contributed by atoms with Crippen molar-refractivity contribution in [1.29, 1.82) is 0 Å². The van der Waals surface area contributed by atoms with E-state index >= 15 is 0 Å². The molecule has 152 valence electrons. The second-order valence-electron chi connectivity index (χ2n) is 6.52. The molecule has 0 saturated carbocycles. The van der Waals surface area contributed by atoms with Crippen LogP contribution in [0.15, 0.2) is 48.5 Å².